The second-order valence-electron chi connectivity index (χ2n) is 4.43. The van der Waals surface area contributed by atoms with Gasteiger partial charge >= 0.3 is 0 Å². The highest BCUT2D eigenvalue weighted by Crippen LogP contribution is 2.14. The molecule has 18 heavy (non-hydrogen) atoms. The molecule has 1 fully saturated rings. The molecule has 0 aliphatic carbocycles. The molecular formula is C12H17N5S. The number of nitrogens with one attached hydrogen (secondary N) is 2. The quantitative estimate of drug-likeness (QED) is 0.875. The van der Waals surface area contributed by atoms with Crippen LogP contribution in [0.1, 0.15) is 17.1 Å². The molecule has 2 aromatic rings. The highest BCUT2D eigenvalue weighted by Gasteiger charge is 2.14. The van der Waals surface area contributed by atoms with Gasteiger partial charge in [-0.05, 0) is 24.4 Å². The minimum Gasteiger partial charge on any atom is -0.338 e. The number of hydrogen-bond acceptors (Lipinski definition) is 5. The van der Waals surface area contributed by atoms with E-state index in [9.17, 15) is 0 Å². The summed E-state index contributed by atoms with van der Waals surface area (Å²) in [6.07, 6.45) is 1.99. The molecular weight excluding hydrogens is 246 g/mol. The molecule has 0 atom stereocenters. The first-order chi connectivity index (χ1) is 8.92. The summed E-state index contributed by atoms with van der Waals surface area (Å²) in [6, 6.07) is 4.19. The molecule has 1 aliphatic rings. The molecule has 96 valence electrons. The van der Waals surface area contributed by atoms with Crippen LogP contribution in [-0.4, -0.2) is 41.4 Å². The van der Waals surface area contributed by atoms with Crippen molar-refractivity contribution >= 4 is 17.3 Å². The van der Waals surface area contributed by atoms with E-state index in [4.69, 9.17) is 0 Å². The van der Waals surface area contributed by atoms with Crippen molar-refractivity contribution in [1.29, 1.82) is 0 Å². The Kier molecular flexibility index (Phi) is 3.56. The van der Waals surface area contributed by atoms with Gasteiger partial charge in [0.1, 0.15) is 5.82 Å². The third-order valence-electron chi connectivity index (χ3n) is 3.06. The normalized spacial score (nSPS) is 16.8. The number of hydrogen-bond donors (Lipinski definition) is 2. The topological polar surface area (TPSA) is 56.8 Å². The summed E-state index contributed by atoms with van der Waals surface area (Å²) in [4.78, 5) is 8.15. The summed E-state index contributed by atoms with van der Waals surface area (Å²) >= 11 is 1.75. The molecule has 2 N–H and O–H groups in total. The van der Waals surface area contributed by atoms with Gasteiger partial charge in [-0.1, -0.05) is 6.07 Å². The largest absolute Gasteiger partial charge is 0.338 e. The van der Waals surface area contributed by atoms with E-state index < -0.39 is 0 Å². The Hall–Kier alpha value is -1.40. The molecule has 1 aliphatic heterocycles. The van der Waals surface area contributed by atoms with E-state index in [0.29, 0.717) is 0 Å². The van der Waals surface area contributed by atoms with E-state index in [2.05, 4.69) is 42.9 Å². The lowest BCUT2D eigenvalue weighted by molar-refractivity contribution is 0.724. The SMILES string of the molecule is c1csc(Cc2nc(N3CCCNCC3)n[nH]2)c1. The summed E-state index contributed by atoms with van der Waals surface area (Å²) in [5.74, 6) is 1.79. The van der Waals surface area contributed by atoms with Crippen LogP contribution in [0.15, 0.2) is 17.5 Å². The van der Waals surface area contributed by atoms with Crippen molar-refractivity contribution in [3.8, 4) is 0 Å². The highest BCUT2D eigenvalue weighted by atomic mass is 32.1. The number of H-pyrrole nitrogens is 1. The van der Waals surface area contributed by atoms with Gasteiger partial charge in [-0.15, -0.1) is 16.4 Å². The smallest absolute Gasteiger partial charge is 0.244 e. The van der Waals surface area contributed by atoms with Gasteiger partial charge in [-0.25, -0.2) is 0 Å². The van der Waals surface area contributed by atoms with Gasteiger partial charge in [0.2, 0.25) is 5.95 Å². The predicted octanol–water partition coefficient (Wildman–Crippen LogP) is 1.26. The van der Waals surface area contributed by atoms with Crippen LogP contribution in [0.2, 0.25) is 0 Å². The average molecular weight is 263 g/mol. The van der Waals surface area contributed by atoms with Crippen molar-refractivity contribution in [2.24, 2.45) is 0 Å². The molecule has 0 spiro atoms. The van der Waals surface area contributed by atoms with Crippen LogP contribution in [0.5, 0.6) is 0 Å². The minimum absolute atomic E-state index is 0.838. The summed E-state index contributed by atoms with van der Waals surface area (Å²) < 4.78 is 0. The highest BCUT2D eigenvalue weighted by molar-refractivity contribution is 7.09. The van der Waals surface area contributed by atoms with E-state index in [-0.39, 0.29) is 0 Å². The van der Waals surface area contributed by atoms with E-state index >= 15 is 0 Å². The molecule has 0 aromatic carbocycles. The first-order valence-corrected chi connectivity index (χ1v) is 7.19. The van der Waals surface area contributed by atoms with Crippen LogP contribution in [0.25, 0.3) is 0 Å². The maximum Gasteiger partial charge on any atom is 0.244 e. The summed E-state index contributed by atoms with van der Waals surface area (Å²) in [5, 5.41) is 12.8. The fourth-order valence-electron chi connectivity index (χ4n) is 2.13. The van der Waals surface area contributed by atoms with Crippen LogP contribution in [0.3, 0.4) is 0 Å². The molecule has 3 rings (SSSR count). The number of nitrogens with zero attached hydrogens (tertiary/aromatic N) is 3. The van der Waals surface area contributed by atoms with E-state index in [0.717, 1.165) is 50.8 Å². The second kappa shape index (κ2) is 5.49. The first-order valence-electron chi connectivity index (χ1n) is 6.31. The standard InChI is InChI=1S/C12H17N5S/c1-3-10(18-8-1)9-11-14-12(16-15-11)17-6-2-4-13-5-7-17/h1,3,8,13H,2,4-7,9H2,(H,14,15,16). The van der Waals surface area contributed by atoms with Gasteiger partial charge in [0, 0.05) is 30.9 Å². The zero-order valence-corrected chi connectivity index (χ0v) is 11.0. The third kappa shape index (κ3) is 2.70. The minimum atomic E-state index is 0.838. The lowest BCUT2D eigenvalue weighted by atomic mass is 10.3. The Morgan fingerprint density at radius 2 is 2.33 bits per heavy atom. The molecule has 5 nitrogen and oxygen atoms in total. The number of aromatic nitrogens is 3. The van der Waals surface area contributed by atoms with E-state index in [1.807, 2.05) is 0 Å². The summed E-state index contributed by atoms with van der Waals surface area (Å²) in [7, 11) is 0. The molecule has 3 heterocycles. The zero-order valence-electron chi connectivity index (χ0n) is 10.2. The Bertz CT molecular complexity index is 470. The molecule has 0 saturated carbocycles. The Balaban J connectivity index is 1.68. The predicted molar refractivity (Wildman–Crippen MR) is 73.2 cm³/mol. The lowest BCUT2D eigenvalue weighted by Crippen LogP contribution is -2.28. The number of thiophene rings is 1. The fourth-order valence-corrected chi connectivity index (χ4v) is 2.84. The molecule has 0 unspecified atom stereocenters. The molecule has 6 heteroatoms. The number of anilines is 1. The van der Waals surface area contributed by atoms with Crippen molar-refractivity contribution in [3.05, 3.63) is 28.2 Å². The van der Waals surface area contributed by atoms with Crippen LogP contribution in [-0.2, 0) is 6.42 Å². The van der Waals surface area contributed by atoms with Crippen LogP contribution >= 0.6 is 11.3 Å². The van der Waals surface area contributed by atoms with E-state index in [1.54, 1.807) is 11.3 Å². The Labute approximate surface area is 110 Å². The molecule has 1 saturated heterocycles. The first kappa shape index (κ1) is 11.7. The monoisotopic (exact) mass is 263 g/mol. The van der Waals surface area contributed by atoms with Crippen molar-refractivity contribution in [1.82, 2.24) is 20.5 Å². The summed E-state index contributed by atoms with van der Waals surface area (Å²) in [6.45, 7) is 4.11. The third-order valence-corrected chi connectivity index (χ3v) is 3.94. The van der Waals surface area contributed by atoms with Crippen molar-refractivity contribution in [2.75, 3.05) is 31.1 Å². The number of rotatable bonds is 3. The second-order valence-corrected chi connectivity index (χ2v) is 5.46. The van der Waals surface area contributed by atoms with Crippen molar-refractivity contribution in [3.63, 3.8) is 0 Å². The van der Waals surface area contributed by atoms with Gasteiger partial charge < -0.3 is 10.2 Å². The maximum absolute atomic E-state index is 4.59. The van der Waals surface area contributed by atoms with Gasteiger partial charge in [-0.3, -0.25) is 5.10 Å². The van der Waals surface area contributed by atoms with E-state index in [1.165, 1.54) is 4.88 Å². The van der Waals surface area contributed by atoms with Crippen molar-refractivity contribution in [2.45, 2.75) is 12.8 Å². The van der Waals surface area contributed by atoms with Gasteiger partial charge in [0.05, 0.1) is 0 Å². The van der Waals surface area contributed by atoms with Gasteiger partial charge in [0.25, 0.3) is 0 Å². The Morgan fingerprint density at radius 3 is 3.22 bits per heavy atom. The Morgan fingerprint density at radius 1 is 1.33 bits per heavy atom. The fraction of sp³-hybridized carbons (Fsp3) is 0.500. The van der Waals surface area contributed by atoms with Crippen LogP contribution < -0.4 is 10.2 Å². The van der Waals surface area contributed by atoms with Gasteiger partial charge in [0.15, 0.2) is 0 Å². The number of aromatic amines is 1. The van der Waals surface area contributed by atoms with Crippen LogP contribution in [0.4, 0.5) is 5.95 Å². The molecule has 0 amide bonds. The summed E-state index contributed by atoms with van der Waals surface area (Å²) in [5.41, 5.74) is 0. The maximum atomic E-state index is 4.59. The van der Waals surface area contributed by atoms with Crippen molar-refractivity contribution < 1.29 is 0 Å². The molecule has 0 bridgehead atoms. The average Bonchev–Trinajstić information content (AvgIpc) is 2.97. The lowest BCUT2D eigenvalue weighted by Gasteiger charge is -2.16. The molecule has 2 aromatic heterocycles. The van der Waals surface area contributed by atoms with Gasteiger partial charge in [-0.2, -0.15) is 4.98 Å². The van der Waals surface area contributed by atoms with Crippen LogP contribution in [0, 0.1) is 0 Å². The molecule has 0 radical (unpaired) electrons. The zero-order chi connectivity index (χ0) is 12.2.